The fourth-order valence-corrected chi connectivity index (χ4v) is 5.24. The minimum absolute atomic E-state index is 0.182. The number of rotatable bonds is 5. The van der Waals surface area contributed by atoms with E-state index in [9.17, 15) is 14.9 Å². The highest BCUT2D eigenvalue weighted by Crippen LogP contribution is 2.42. The van der Waals surface area contributed by atoms with Gasteiger partial charge >= 0.3 is 0 Å². The van der Waals surface area contributed by atoms with E-state index >= 15 is 0 Å². The summed E-state index contributed by atoms with van der Waals surface area (Å²) in [7, 11) is 0. The minimum Gasteiger partial charge on any atom is -0.320 e. The van der Waals surface area contributed by atoms with Crippen LogP contribution in [-0.2, 0) is 16.0 Å². The Bertz CT molecular complexity index is 1340. The molecule has 2 amide bonds. The first-order valence-electron chi connectivity index (χ1n) is 10.1. The Kier molecular flexibility index (Phi) is 7.50. The molecule has 1 fully saturated rings. The van der Waals surface area contributed by atoms with E-state index in [4.69, 9.17) is 34.8 Å². The number of hydrogen-bond acceptors (Lipinski definition) is 4. The van der Waals surface area contributed by atoms with Gasteiger partial charge < -0.3 is 5.32 Å². The number of anilines is 2. The second-order valence-electron chi connectivity index (χ2n) is 7.29. The molecule has 0 aliphatic carbocycles. The summed E-state index contributed by atoms with van der Waals surface area (Å²) in [6.45, 7) is 0. The van der Waals surface area contributed by atoms with E-state index in [1.165, 1.54) is 16.7 Å². The molecule has 5 nitrogen and oxygen atoms in total. The van der Waals surface area contributed by atoms with Gasteiger partial charge in [0, 0.05) is 5.69 Å². The molecule has 0 aromatic heterocycles. The van der Waals surface area contributed by atoms with Gasteiger partial charge in [0.25, 0.3) is 5.91 Å². The van der Waals surface area contributed by atoms with Crippen LogP contribution in [0.4, 0.5) is 11.4 Å². The molecule has 4 rings (SSSR count). The van der Waals surface area contributed by atoms with Gasteiger partial charge in [-0.1, -0.05) is 83.0 Å². The third-order valence-corrected chi connectivity index (χ3v) is 7.38. The average molecular weight is 529 g/mol. The molecular weight excluding hydrogens is 513 g/mol. The number of nitrogens with one attached hydrogen (secondary N) is 1. The number of carbonyl (C=O) groups is 2. The van der Waals surface area contributed by atoms with Gasteiger partial charge in [0.15, 0.2) is 0 Å². The molecule has 3 aromatic carbocycles. The molecule has 3 aromatic rings. The molecule has 0 radical (unpaired) electrons. The van der Waals surface area contributed by atoms with Crippen LogP contribution in [0.5, 0.6) is 0 Å². The van der Waals surface area contributed by atoms with Crippen LogP contribution in [-0.4, -0.2) is 17.1 Å². The number of thioether (sulfide) groups is 1. The third-order valence-electron chi connectivity index (χ3n) is 5.05. The van der Waals surface area contributed by atoms with Crippen molar-refractivity contribution in [3.63, 3.8) is 0 Å². The Balaban J connectivity index is 1.72. The molecule has 1 aliphatic rings. The van der Waals surface area contributed by atoms with Crippen molar-refractivity contribution in [2.24, 2.45) is 0 Å². The summed E-state index contributed by atoms with van der Waals surface area (Å²) < 4.78 is 0. The third kappa shape index (κ3) is 5.08. The van der Waals surface area contributed by atoms with Gasteiger partial charge in [-0.15, -0.1) is 0 Å². The Morgan fingerprint density at radius 1 is 0.971 bits per heavy atom. The van der Waals surface area contributed by atoms with Crippen molar-refractivity contribution in [1.82, 2.24) is 0 Å². The van der Waals surface area contributed by atoms with Gasteiger partial charge in [-0.25, -0.2) is 0 Å². The maximum Gasteiger partial charge on any atom is 0.269 e. The van der Waals surface area contributed by atoms with Crippen LogP contribution in [0.2, 0.25) is 15.1 Å². The number of carbonyl (C=O) groups excluding carboxylic acids is 2. The second-order valence-corrected chi connectivity index (χ2v) is 9.71. The molecule has 170 valence electrons. The molecule has 9 heteroatoms. The standard InChI is InChI=1S/C25H16Cl3N3O2S/c26-18-11-10-15(12-20(18)28)13-22-24(33)31(16-6-2-1-3-7-16)25(34-22)17(14-29)23(32)30-21-9-5-4-8-19(21)27/h1-12,22H,13H2,(H,30,32)/b25-17-. The van der Waals surface area contributed by atoms with E-state index in [-0.39, 0.29) is 16.5 Å². The Labute approximate surface area is 215 Å². The zero-order valence-electron chi connectivity index (χ0n) is 17.5. The van der Waals surface area contributed by atoms with E-state index < -0.39 is 11.2 Å². The maximum atomic E-state index is 13.5. The van der Waals surface area contributed by atoms with Crippen molar-refractivity contribution in [3.8, 4) is 6.07 Å². The Morgan fingerprint density at radius 3 is 2.35 bits per heavy atom. The molecule has 0 bridgehead atoms. The summed E-state index contributed by atoms with van der Waals surface area (Å²) in [5, 5.41) is 13.4. The molecule has 1 heterocycles. The monoisotopic (exact) mass is 527 g/mol. The summed E-state index contributed by atoms with van der Waals surface area (Å²) in [4.78, 5) is 28.0. The summed E-state index contributed by atoms with van der Waals surface area (Å²) in [5.74, 6) is -0.891. The van der Waals surface area contributed by atoms with Crippen LogP contribution in [0.1, 0.15) is 5.56 Å². The van der Waals surface area contributed by atoms with Gasteiger partial charge in [-0.3, -0.25) is 14.5 Å². The first-order valence-corrected chi connectivity index (χ1v) is 12.1. The van der Waals surface area contributed by atoms with Gasteiger partial charge in [0.1, 0.15) is 16.7 Å². The van der Waals surface area contributed by atoms with Crippen molar-refractivity contribution in [2.45, 2.75) is 11.7 Å². The fraction of sp³-hybridized carbons (Fsp3) is 0.0800. The highest BCUT2D eigenvalue weighted by Gasteiger charge is 2.40. The first-order chi connectivity index (χ1) is 16.4. The van der Waals surface area contributed by atoms with Gasteiger partial charge in [-0.2, -0.15) is 5.26 Å². The summed E-state index contributed by atoms with van der Waals surface area (Å²) >= 11 is 19.5. The molecular formula is C25H16Cl3N3O2S. The lowest BCUT2D eigenvalue weighted by atomic mass is 10.1. The summed E-state index contributed by atoms with van der Waals surface area (Å²) in [6, 6.07) is 22.8. The predicted octanol–water partition coefficient (Wildman–Crippen LogP) is 6.71. The van der Waals surface area contributed by atoms with E-state index in [0.29, 0.717) is 32.9 Å². The first kappa shape index (κ1) is 24.2. The quantitative estimate of drug-likeness (QED) is 0.295. The fourth-order valence-electron chi connectivity index (χ4n) is 3.43. The maximum absolute atomic E-state index is 13.5. The van der Waals surface area contributed by atoms with Crippen molar-refractivity contribution in [3.05, 3.63) is 104 Å². The lowest BCUT2D eigenvalue weighted by Crippen LogP contribution is -2.30. The van der Waals surface area contributed by atoms with Crippen molar-refractivity contribution >= 4 is 69.8 Å². The van der Waals surface area contributed by atoms with E-state index in [0.717, 1.165) is 5.56 Å². The molecule has 1 aliphatic heterocycles. The van der Waals surface area contributed by atoms with Gasteiger partial charge in [-0.05, 0) is 48.4 Å². The van der Waals surface area contributed by atoms with Crippen LogP contribution < -0.4 is 10.2 Å². The number of para-hydroxylation sites is 2. The van der Waals surface area contributed by atoms with Crippen molar-refractivity contribution in [2.75, 3.05) is 10.2 Å². The van der Waals surface area contributed by atoms with Crippen LogP contribution in [0, 0.1) is 11.3 Å². The number of hydrogen-bond donors (Lipinski definition) is 1. The number of halogens is 3. The van der Waals surface area contributed by atoms with Crippen molar-refractivity contribution < 1.29 is 9.59 Å². The smallest absolute Gasteiger partial charge is 0.269 e. The number of nitrogens with zero attached hydrogens (tertiary/aromatic N) is 2. The molecule has 1 unspecified atom stereocenters. The van der Waals surface area contributed by atoms with E-state index in [2.05, 4.69) is 5.32 Å². The number of nitriles is 1. The number of amides is 2. The van der Waals surface area contributed by atoms with E-state index in [1.54, 1.807) is 66.7 Å². The molecule has 1 N–H and O–H groups in total. The van der Waals surface area contributed by atoms with Crippen LogP contribution in [0.15, 0.2) is 83.4 Å². The second kappa shape index (κ2) is 10.5. The molecule has 0 saturated carbocycles. The largest absolute Gasteiger partial charge is 0.320 e. The van der Waals surface area contributed by atoms with E-state index in [1.807, 2.05) is 12.1 Å². The van der Waals surface area contributed by atoms with Crippen LogP contribution in [0.3, 0.4) is 0 Å². The van der Waals surface area contributed by atoms with Crippen LogP contribution in [0.25, 0.3) is 0 Å². The van der Waals surface area contributed by atoms with Crippen molar-refractivity contribution in [1.29, 1.82) is 5.26 Å². The molecule has 1 saturated heterocycles. The van der Waals surface area contributed by atoms with Crippen LogP contribution >= 0.6 is 46.6 Å². The lowest BCUT2D eigenvalue weighted by molar-refractivity contribution is -0.117. The summed E-state index contributed by atoms with van der Waals surface area (Å²) in [5.41, 5.74) is 1.56. The topological polar surface area (TPSA) is 73.2 Å². The SMILES string of the molecule is N#C/C(C(=O)Nc1ccccc1Cl)=C1/SC(Cc2ccc(Cl)c(Cl)c2)C(=O)N1c1ccccc1. The Hall–Kier alpha value is -2.95. The minimum atomic E-state index is -0.651. The highest BCUT2D eigenvalue weighted by atomic mass is 35.5. The van der Waals surface area contributed by atoms with Gasteiger partial charge in [0.05, 0.1) is 26.0 Å². The summed E-state index contributed by atoms with van der Waals surface area (Å²) in [6.07, 6.45) is 0.345. The zero-order valence-corrected chi connectivity index (χ0v) is 20.6. The molecule has 34 heavy (non-hydrogen) atoms. The highest BCUT2D eigenvalue weighted by molar-refractivity contribution is 8.05. The average Bonchev–Trinajstić information content (AvgIpc) is 3.14. The predicted molar refractivity (Wildman–Crippen MR) is 138 cm³/mol. The number of benzene rings is 3. The van der Waals surface area contributed by atoms with Gasteiger partial charge in [0.2, 0.25) is 5.91 Å². The molecule has 0 spiro atoms. The zero-order chi connectivity index (χ0) is 24.2. The Morgan fingerprint density at radius 2 is 1.68 bits per heavy atom. The normalized spacial score (nSPS) is 16.8. The lowest BCUT2D eigenvalue weighted by Gasteiger charge is -2.18. The molecule has 1 atom stereocenters.